The van der Waals surface area contributed by atoms with Crippen LogP contribution < -0.4 is 31.9 Å². The van der Waals surface area contributed by atoms with Gasteiger partial charge in [-0.05, 0) is 47.6 Å². The third kappa shape index (κ3) is 46.8. The molecule has 2 fully saturated rings. The first-order valence-electron chi connectivity index (χ1n) is 34.0. The fourth-order valence-electron chi connectivity index (χ4n) is 8.85. The van der Waals surface area contributed by atoms with Crippen LogP contribution in [0.3, 0.4) is 0 Å². The Morgan fingerprint density at radius 3 is 0.856 bits per heavy atom. The standard InChI is InChI=1S/C12H14BNO3.C11H14BNO4.2C11H12BNO3.2C11H12BNO2.4C2H6/c1-8-3-5-9(6-4-8)7-10(11(15)17-2)14-12(13)16;1-17-11(15)10(13-7-12-16)6-8-2-4-9(14)5-3-8;2*1-16-10(14)9(13-11(12)15)7-8-5-3-2-4-6-8;2*12-11(14)13-9(10-7-15-10)6-8-4-2-1-3-5-8;4*1-2/h3-6,10H,7H2,1-2H3,(H,14,16);2-5,10,13-14H,6-7H2,1H3;2*2-6,9H,7H2,1H3,(H,13,15);2*1-5,9-10H,6-7H2,(H,13,14);4*1-2H3/t;;;;2*9?,10-;;;;/m....11..../s1. The average molecular weight is 1420 g/mol. The summed E-state index contributed by atoms with van der Waals surface area (Å²) < 4.78 is 39.0. The largest absolute Gasteiger partial charge is 0.467 e. The van der Waals surface area contributed by atoms with Crippen LogP contribution in [0.2, 0.25) is 0 Å². The number of hydrogen-bond donors (Lipinski definition) is 7. The van der Waals surface area contributed by atoms with E-state index in [0.29, 0.717) is 46.0 Å². The van der Waals surface area contributed by atoms with Crippen molar-refractivity contribution in [3.05, 3.63) is 209 Å². The first kappa shape index (κ1) is 96.5. The molecule has 0 spiro atoms. The van der Waals surface area contributed by atoms with Gasteiger partial charge in [-0.2, -0.15) is 0 Å². The Balaban J connectivity index is 0. The van der Waals surface area contributed by atoms with Gasteiger partial charge >= 0.3 is 117 Å². The fourth-order valence-corrected chi connectivity index (χ4v) is 8.85. The molecule has 0 aliphatic carbocycles. The van der Waals surface area contributed by atoms with Crippen LogP contribution >= 0.6 is 0 Å². The van der Waals surface area contributed by atoms with Gasteiger partial charge in [0.05, 0.1) is 46.6 Å². The Hall–Kier alpha value is -9.58. The van der Waals surface area contributed by atoms with Gasteiger partial charge in [0.25, 0.3) is 0 Å². The Bertz CT molecular complexity index is 3190. The molecule has 2 saturated heterocycles. The molecular weight excluding hydrogens is 1320 g/mol. The van der Waals surface area contributed by atoms with Gasteiger partial charge in [-0.1, -0.05) is 207 Å². The van der Waals surface area contributed by atoms with E-state index >= 15 is 0 Å². The van der Waals surface area contributed by atoms with Crippen molar-refractivity contribution in [1.82, 2.24) is 31.9 Å². The monoisotopic (exact) mass is 1420 g/mol. The number of benzene rings is 6. The van der Waals surface area contributed by atoms with Gasteiger partial charge in [-0.3, -0.25) is 24.0 Å². The third-order valence-corrected chi connectivity index (χ3v) is 13.7. The minimum atomic E-state index is -0.750. The minimum absolute atomic E-state index is 0.00935. The van der Waals surface area contributed by atoms with E-state index in [1.807, 2.05) is 208 Å². The smallest absolute Gasteiger partial charge is 0.328 e. The van der Waals surface area contributed by atoms with E-state index in [2.05, 4.69) is 50.8 Å². The first-order valence-corrected chi connectivity index (χ1v) is 34.0. The molecule has 6 aromatic carbocycles. The van der Waals surface area contributed by atoms with Crippen molar-refractivity contribution in [2.45, 2.75) is 149 Å². The number of carbonyl (C=O) groups excluding carboxylic acids is 9. The van der Waals surface area contributed by atoms with E-state index in [4.69, 9.17) is 53.8 Å². The molecule has 2 heterocycles. The number of methoxy groups -OCH3 is 4. The molecule has 0 saturated carbocycles. The zero-order chi connectivity index (χ0) is 78.8. The summed E-state index contributed by atoms with van der Waals surface area (Å²) in [5.74, 6) is -5.00. The second kappa shape index (κ2) is 59.9. The number of aryl methyl sites for hydroxylation is 1. The molecule has 23 nitrogen and oxygen atoms in total. The van der Waals surface area contributed by atoms with Gasteiger partial charge < -0.3 is 50.3 Å². The van der Waals surface area contributed by atoms with Crippen LogP contribution in [0, 0.1) is 6.92 Å². The fraction of sp³-hybridized carbons (Fsp3) is 0.400. The minimum Gasteiger partial charge on any atom is -0.467 e. The molecule has 8 atom stereocenters. The van der Waals surface area contributed by atoms with Crippen LogP contribution in [-0.4, -0.2) is 201 Å². The Kier molecular flexibility index (Phi) is 55.6. The van der Waals surface area contributed by atoms with Crippen LogP contribution in [-0.2, 0) is 90.8 Å². The zero-order valence-corrected chi connectivity index (χ0v) is 62.1. The van der Waals surface area contributed by atoms with Crippen molar-refractivity contribution in [2.75, 3.05) is 48.1 Å². The van der Waals surface area contributed by atoms with Crippen LogP contribution in [0.25, 0.3) is 0 Å². The van der Waals surface area contributed by atoms with Crippen LogP contribution in [0.5, 0.6) is 5.75 Å². The molecule has 29 heteroatoms. The Morgan fingerprint density at radius 1 is 0.385 bits per heavy atom. The average Bonchev–Trinajstić information content (AvgIpc) is 1.71. The van der Waals surface area contributed by atoms with Crippen molar-refractivity contribution in [3.8, 4) is 5.75 Å². The number of esters is 4. The van der Waals surface area contributed by atoms with Gasteiger partial charge in [0.15, 0.2) is 29.0 Å². The SMILES string of the molecule is CC.CC.CC.CC.COC(=O)C(Cc1ccc(O)cc1)NCB=O.[B]C(=O)NC(Cc1ccc(C)cc1)C(=O)OC.[B]C(=O)NC(Cc1ccccc1)C(=O)OC.[B]C(=O)NC(Cc1ccccc1)C(=O)OC.[B]C(=O)NC(Cc1ccccc1)[C@H]1CO1.[B]C(=O)NC(Cc1ccccc1)[C@H]1CO1. The van der Waals surface area contributed by atoms with Crippen molar-refractivity contribution < 1.29 is 81.4 Å². The summed E-state index contributed by atoms with van der Waals surface area (Å²) in [6, 6.07) is 49.9. The topological polar surface area (TPSA) is 325 Å². The van der Waals surface area contributed by atoms with E-state index in [1.54, 1.807) is 24.3 Å². The maximum atomic E-state index is 11.4. The van der Waals surface area contributed by atoms with Gasteiger partial charge in [-0.15, -0.1) is 0 Å². The zero-order valence-electron chi connectivity index (χ0n) is 62.1. The predicted molar refractivity (Wildman–Crippen MR) is 409 cm³/mol. The second-order valence-corrected chi connectivity index (χ2v) is 21.2. The molecule has 8 rings (SSSR count). The number of epoxide rings is 2. The molecule has 0 bridgehead atoms. The first-order chi connectivity index (χ1) is 50.0. The van der Waals surface area contributed by atoms with Crippen LogP contribution in [0.15, 0.2) is 170 Å². The summed E-state index contributed by atoms with van der Waals surface area (Å²) in [6.07, 6.45) is 3.33. The molecule has 7 N–H and O–H groups in total. The number of phenols is 1. The van der Waals surface area contributed by atoms with E-state index in [0.717, 1.165) is 40.7 Å². The molecule has 2 aliphatic heterocycles. The Labute approximate surface area is 621 Å². The van der Waals surface area contributed by atoms with Gasteiger partial charge in [0.1, 0.15) is 30.3 Å². The molecule has 550 valence electrons. The molecule has 0 aromatic heterocycles. The van der Waals surface area contributed by atoms with Gasteiger partial charge in [0, 0.05) is 19.3 Å². The van der Waals surface area contributed by atoms with Crippen LogP contribution in [0.1, 0.15) is 94.3 Å². The summed E-state index contributed by atoms with van der Waals surface area (Å²) in [4.78, 5) is 99.4. The number of hydrogen-bond acceptors (Lipinski definition) is 18. The van der Waals surface area contributed by atoms with E-state index in [-0.39, 0.29) is 36.5 Å². The number of carbonyl (C=O) groups is 9. The number of nitrogens with one attached hydrogen (secondary N) is 6. The summed E-state index contributed by atoms with van der Waals surface area (Å²) >= 11 is 0. The summed E-state index contributed by atoms with van der Waals surface area (Å²) in [7, 11) is 31.0. The molecule has 5 amide bonds. The molecular formula is C75H100B6N6O17. The van der Waals surface area contributed by atoms with E-state index in [1.165, 1.54) is 39.6 Å². The normalized spacial score (nSPS) is 13.5. The Morgan fingerprint density at radius 2 is 0.615 bits per heavy atom. The van der Waals surface area contributed by atoms with Gasteiger partial charge in [0.2, 0.25) is 39.2 Å². The number of rotatable bonds is 26. The van der Waals surface area contributed by atoms with E-state index in [9.17, 15) is 47.9 Å². The number of aromatic hydroxyl groups is 1. The predicted octanol–water partition coefficient (Wildman–Crippen LogP) is 8.18. The molecule has 104 heavy (non-hydrogen) atoms. The molecule has 6 aromatic rings. The maximum Gasteiger partial charge on any atom is 0.328 e. The number of ether oxygens (including phenoxy) is 6. The second-order valence-electron chi connectivity index (χ2n) is 21.2. The third-order valence-electron chi connectivity index (χ3n) is 13.7. The van der Waals surface area contributed by atoms with Crippen molar-refractivity contribution in [3.63, 3.8) is 0 Å². The maximum absolute atomic E-state index is 11.4. The molecule has 6 unspecified atom stereocenters. The summed E-state index contributed by atoms with van der Waals surface area (Å²) in [5.41, 5.74) is 7.12. The molecule has 2 aliphatic rings. The van der Waals surface area contributed by atoms with Crippen molar-refractivity contribution in [1.29, 1.82) is 0 Å². The summed E-state index contributed by atoms with van der Waals surface area (Å²) in [6.45, 7) is 19.4. The van der Waals surface area contributed by atoms with Gasteiger partial charge in [-0.25, -0.2) is 14.4 Å². The number of amides is 5. The van der Waals surface area contributed by atoms with Crippen molar-refractivity contribution in [2.24, 2.45) is 0 Å². The van der Waals surface area contributed by atoms with Crippen molar-refractivity contribution >= 4 is 99.3 Å². The quantitative estimate of drug-likeness (QED) is 0.0116. The molecule has 10 radical (unpaired) electrons. The van der Waals surface area contributed by atoms with E-state index < -0.39 is 77.1 Å². The summed E-state index contributed by atoms with van der Waals surface area (Å²) in [5, 5.41) is 24.4. The van der Waals surface area contributed by atoms with Crippen LogP contribution in [0.4, 0.5) is 24.0 Å². The number of phenolic OH excluding ortho intramolecular Hbond substituents is 1.